The lowest BCUT2D eigenvalue weighted by molar-refractivity contribution is -0.141. The molecular weight excluding hydrogens is 208 g/mol. The topological polar surface area (TPSA) is 60.9 Å². The number of hydrogen-bond donors (Lipinski definition) is 1. The van der Waals surface area contributed by atoms with Gasteiger partial charge in [-0.2, -0.15) is 0 Å². The van der Waals surface area contributed by atoms with Crippen LogP contribution >= 0.6 is 0 Å². The molecule has 16 heavy (non-hydrogen) atoms. The number of carbonyl (C=O) groups is 2. The van der Waals surface area contributed by atoms with Gasteiger partial charge >= 0.3 is 12.0 Å². The maximum Gasteiger partial charge on any atom is 0.326 e. The van der Waals surface area contributed by atoms with Crippen molar-refractivity contribution in [1.29, 1.82) is 0 Å². The molecule has 0 aromatic rings. The Hall–Kier alpha value is -1.26. The van der Waals surface area contributed by atoms with Crippen LogP contribution in [-0.2, 0) is 4.79 Å². The summed E-state index contributed by atoms with van der Waals surface area (Å²) in [5, 5.41) is 9.01. The molecule has 2 amide bonds. The van der Waals surface area contributed by atoms with E-state index in [1.165, 1.54) is 4.90 Å². The number of rotatable bonds is 3. The van der Waals surface area contributed by atoms with Crippen molar-refractivity contribution in [2.45, 2.75) is 45.7 Å². The van der Waals surface area contributed by atoms with Crippen molar-refractivity contribution in [3.63, 3.8) is 0 Å². The number of urea groups is 1. The number of likely N-dealkylation sites (tertiary alicyclic amines) is 1. The van der Waals surface area contributed by atoms with E-state index < -0.39 is 12.0 Å². The van der Waals surface area contributed by atoms with E-state index in [1.54, 1.807) is 4.90 Å². The third kappa shape index (κ3) is 2.46. The summed E-state index contributed by atoms with van der Waals surface area (Å²) in [7, 11) is 0. The van der Waals surface area contributed by atoms with Crippen LogP contribution in [0.25, 0.3) is 0 Å². The molecule has 1 fully saturated rings. The van der Waals surface area contributed by atoms with Crippen molar-refractivity contribution < 1.29 is 14.7 Å². The van der Waals surface area contributed by atoms with Crippen LogP contribution < -0.4 is 0 Å². The first-order chi connectivity index (χ1) is 7.49. The van der Waals surface area contributed by atoms with Gasteiger partial charge in [0.1, 0.15) is 6.04 Å². The normalized spacial score (nSPS) is 20.2. The van der Waals surface area contributed by atoms with E-state index in [0.29, 0.717) is 19.5 Å². The summed E-state index contributed by atoms with van der Waals surface area (Å²) < 4.78 is 0. The predicted molar refractivity (Wildman–Crippen MR) is 60.3 cm³/mol. The highest BCUT2D eigenvalue weighted by atomic mass is 16.4. The lowest BCUT2D eigenvalue weighted by Gasteiger charge is -2.32. The number of nitrogens with zero attached hydrogens (tertiary/aromatic N) is 2. The first kappa shape index (κ1) is 12.8. The zero-order valence-corrected chi connectivity index (χ0v) is 10.1. The monoisotopic (exact) mass is 228 g/mol. The summed E-state index contributed by atoms with van der Waals surface area (Å²) in [6.45, 7) is 6.95. The Kier molecular flexibility index (Phi) is 4.15. The first-order valence-corrected chi connectivity index (χ1v) is 5.79. The van der Waals surface area contributed by atoms with E-state index in [9.17, 15) is 9.59 Å². The summed E-state index contributed by atoms with van der Waals surface area (Å²) in [6.07, 6.45) is 1.34. The smallest absolute Gasteiger partial charge is 0.326 e. The lowest BCUT2D eigenvalue weighted by Crippen LogP contribution is -2.50. The van der Waals surface area contributed by atoms with Crippen molar-refractivity contribution in [1.82, 2.24) is 9.80 Å². The Morgan fingerprint density at radius 1 is 1.50 bits per heavy atom. The average molecular weight is 228 g/mol. The van der Waals surface area contributed by atoms with E-state index in [4.69, 9.17) is 5.11 Å². The van der Waals surface area contributed by atoms with Gasteiger partial charge in [-0.05, 0) is 33.6 Å². The van der Waals surface area contributed by atoms with Crippen LogP contribution in [0.5, 0.6) is 0 Å². The molecule has 1 rings (SSSR count). The largest absolute Gasteiger partial charge is 0.480 e. The van der Waals surface area contributed by atoms with Gasteiger partial charge < -0.3 is 14.9 Å². The quantitative estimate of drug-likeness (QED) is 0.794. The van der Waals surface area contributed by atoms with E-state index in [-0.39, 0.29) is 12.1 Å². The molecule has 0 radical (unpaired) electrons. The van der Waals surface area contributed by atoms with E-state index in [2.05, 4.69) is 0 Å². The molecule has 0 aromatic carbocycles. The van der Waals surface area contributed by atoms with E-state index in [0.717, 1.165) is 6.42 Å². The molecule has 0 aromatic heterocycles. The highest BCUT2D eigenvalue weighted by Gasteiger charge is 2.36. The fourth-order valence-electron chi connectivity index (χ4n) is 2.14. The van der Waals surface area contributed by atoms with Crippen molar-refractivity contribution >= 4 is 12.0 Å². The zero-order chi connectivity index (χ0) is 12.3. The van der Waals surface area contributed by atoms with Gasteiger partial charge in [-0.3, -0.25) is 0 Å². The van der Waals surface area contributed by atoms with Crippen LogP contribution in [-0.4, -0.2) is 52.1 Å². The number of hydrogen-bond acceptors (Lipinski definition) is 2. The molecule has 5 heteroatoms. The molecule has 0 unspecified atom stereocenters. The number of amides is 2. The Balaban J connectivity index is 2.75. The van der Waals surface area contributed by atoms with Gasteiger partial charge in [0.05, 0.1) is 0 Å². The van der Waals surface area contributed by atoms with Crippen molar-refractivity contribution in [2.24, 2.45) is 0 Å². The first-order valence-electron chi connectivity index (χ1n) is 5.79. The molecular formula is C11H20N2O3. The summed E-state index contributed by atoms with van der Waals surface area (Å²) in [4.78, 5) is 26.3. The van der Waals surface area contributed by atoms with Gasteiger partial charge in [-0.25, -0.2) is 9.59 Å². The Bertz CT molecular complexity index is 278. The highest BCUT2D eigenvalue weighted by Crippen LogP contribution is 2.20. The van der Waals surface area contributed by atoms with E-state index >= 15 is 0 Å². The fourth-order valence-corrected chi connectivity index (χ4v) is 2.14. The number of carboxylic acid groups (broad SMARTS) is 1. The second-order valence-corrected chi connectivity index (χ2v) is 4.35. The Morgan fingerprint density at radius 2 is 2.12 bits per heavy atom. The van der Waals surface area contributed by atoms with E-state index in [1.807, 2.05) is 20.8 Å². The van der Waals surface area contributed by atoms with Crippen molar-refractivity contribution in [2.75, 3.05) is 13.1 Å². The molecule has 1 atom stereocenters. The molecule has 0 saturated carbocycles. The van der Waals surface area contributed by atoms with Crippen LogP contribution in [0.4, 0.5) is 4.79 Å². The number of carbonyl (C=O) groups excluding carboxylic acids is 1. The summed E-state index contributed by atoms with van der Waals surface area (Å²) in [5.41, 5.74) is 0. The minimum Gasteiger partial charge on any atom is -0.480 e. The van der Waals surface area contributed by atoms with Gasteiger partial charge in [0, 0.05) is 19.1 Å². The maximum absolute atomic E-state index is 12.1. The minimum absolute atomic E-state index is 0.104. The number of aliphatic carboxylic acids is 1. The molecule has 0 bridgehead atoms. The van der Waals surface area contributed by atoms with Gasteiger partial charge in [-0.1, -0.05) is 0 Å². The minimum atomic E-state index is -0.898. The van der Waals surface area contributed by atoms with Crippen molar-refractivity contribution in [3.05, 3.63) is 0 Å². The standard InChI is InChI=1S/C11H20N2O3/c1-4-12(8(2)3)11(16)13-7-5-6-9(13)10(14)15/h8-9H,4-7H2,1-3H3,(H,14,15)/t9-/m1/s1. The summed E-state index contributed by atoms with van der Waals surface area (Å²) >= 11 is 0. The molecule has 1 N–H and O–H groups in total. The van der Waals surface area contributed by atoms with Crippen molar-refractivity contribution in [3.8, 4) is 0 Å². The van der Waals surface area contributed by atoms with Crippen LogP contribution in [0.15, 0.2) is 0 Å². The summed E-state index contributed by atoms with van der Waals surface area (Å²) in [5.74, 6) is -0.898. The van der Waals surface area contributed by atoms with Gasteiger partial charge in [0.2, 0.25) is 0 Å². The zero-order valence-electron chi connectivity index (χ0n) is 10.1. The van der Waals surface area contributed by atoms with Gasteiger partial charge in [0.15, 0.2) is 0 Å². The molecule has 0 aliphatic carbocycles. The van der Waals surface area contributed by atoms with Crippen LogP contribution in [0.1, 0.15) is 33.6 Å². The molecule has 0 spiro atoms. The Morgan fingerprint density at radius 3 is 2.56 bits per heavy atom. The molecule has 5 nitrogen and oxygen atoms in total. The van der Waals surface area contributed by atoms with Crippen LogP contribution in [0.2, 0.25) is 0 Å². The molecule has 92 valence electrons. The SMILES string of the molecule is CCN(C(=O)N1CCC[C@@H]1C(=O)O)C(C)C. The molecule has 1 heterocycles. The second kappa shape index (κ2) is 5.18. The predicted octanol–water partition coefficient (Wildman–Crippen LogP) is 1.39. The summed E-state index contributed by atoms with van der Waals surface area (Å²) in [6, 6.07) is -0.685. The van der Waals surface area contributed by atoms with Crippen LogP contribution in [0.3, 0.4) is 0 Å². The van der Waals surface area contributed by atoms with Gasteiger partial charge in [0.25, 0.3) is 0 Å². The Labute approximate surface area is 96.0 Å². The maximum atomic E-state index is 12.1. The number of carboxylic acids is 1. The average Bonchev–Trinajstić information content (AvgIpc) is 2.65. The third-order valence-electron chi connectivity index (χ3n) is 2.99. The highest BCUT2D eigenvalue weighted by molar-refractivity contribution is 5.83. The molecule has 1 saturated heterocycles. The molecule has 1 aliphatic heterocycles. The second-order valence-electron chi connectivity index (χ2n) is 4.35. The van der Waals surface area contributed by atoms with Gasteiger partial charge in [-0.15, -0.1) is 0 Å². The lowest BCUT2D eigenvalue weighted by atomic mass is 10.2. The fraction of sp³-hybridized carbons (Fsp3) is 0.818. The molecule has 1 aliphatic rings. The van der Waals surface area contributed by atoms with Crippen LogP contribution in [0, 0.1) is 0 Å². The third-order valence-corrected chi connectivity index (χ3v) is 2.99.